The maximum Gasteiger partial charge on any atom is 0.260 e. The molecule has 2 amide bonds. The number of benzene rings is 1. The molecule has 0 radical (unpaired) electrons. The highest BCUT2D eigenvalue weighted by molar-refractivity contribution is 5.84. The van der Waals surface area contributed by atoms with E-state index in [1.54, 1.807) is 24.1 Å². The average molecular weight is 337 g/mol. The summed E-state index contributed by atoms with van der Waals surface area (Å²) in [4.78, 5) is 28.1. The maximum absolute atomic E-state index is 13.5. The van der Waals surface area contributed by atoms with Gasteiger partial charge in [-0.2, -0.15) is 0 Å². The van der Waals surface area contributed by atoms with Crippen molar-refractivity contribution in [1.82, 2.24) is 15.1 Å². The third kappa shape index (κ3) is 4.23. The molecule has 0 bridgehead atoms. The zero-order valence-electron chi connectivity index (χ0n) is 14.3. The molecule has 0 unspecified atom stereocenters. The Bertz CT molecular complexity index is 594. The highest BCUT2D eigenvalue weighted by Crippen LogP contribution is 2.17. The molecule has 1 aliphatic rings. The van der Waals surface area contributed by atoms with Gasteiger partial charge >= 0.3 is 0 Å². The van der Waals surface area contributed by atoms with E-state index >= 15 is 0 Å². The van der Waals surface area contributed by atoms with Gasteiger partial charge < -0.3 is 15.0 Å². The number of nitrogens with one attached hydrogen (secondary N) is 1. The topological polar surface area (TPSA) is 61.9 Å². The fourth-order valence-electron chi connectivity index (χ4n) is 2.83. The Hall–Kier alpha value is -2.15. The van der Waals surface area contributed by atoms with Crippen LogP contribution in [-0.2, 0) is 9.59 Å². The van der Waals surface area contributed by atoms with Gasteiger partial charge in [-0.3, -0.25) is 14.5 Å². The number of para-hydroxylation sites is 1. The van der Waals surface area contributed by atoms with Crippen molar-refractivity contribution in [2.24, 2.45) is 0 Å². The summed E-state index contributed by atoms with van der Waals surface area (Å²) in [6.07, 6.45) is 0. The summed E-state index contributed by atoms with van der Waals surface area (Å²) in [5.74, 6) is -0.820. The van der Waals surface area contributed by atoms with E-state index in [1.165, 1.54) is 12.1 Å². The molecule has 0 spiro atoms. The highest BCUT2D eigenvalue weighted by atomic mass is 19.1. The van der Waals surface area contributed by atoms with Crippen molar-refractivity contribution >= 4 is 11.8 Å². The second-order valence-electron chi connectivity index (χ2n) is 6.02. The van der Waals surface area contributed by atoms with Crippen LogP contribution in [0.4, 0.5) is 4.39 Å². The lowest BCUT2D eigenvalue weighted by molar-refractivity contribution is -0.140. The molecule has 1 fully saturated rings. The van der Waals surface area contributed by atoms with E-state index in [4.69, 9.17) is 4.74 Å². The molecule has 1 aromatic rings. The quantitative estimate of drug-likeness (QED) is 0.866. The molecule has 24 heavy (non-hydrogen) atoms. The minimum atomic E-state index is -0.502. The number of carbonyl (C=O) groups excluding carboxylic acids is 2. The van der Waals surface area contributed by atoms with Gasteiger partial charge in [0.1, 0.15) is 6.04 Å². The molecule has 2 rings (SSSR count). The highest BCUT2D eigenvalue weighted by Gasteiger charge is 2.35. The Morgan fingerprint density at radius 1 is 1.33 bits per heavy atom. The van der Waals surface area contributed by atoms with Gasteiger partial charge in [-0.05, 0) is 26.0 Å². The summed E-state index contributed by atoms with van der Waals surface area (Å²) < 4.78 is 18.8. The molecule has 1 aromatic carbocycles. The number of hydrogen-bond donors (Lipinski definition) is 1. The number of ether oxygens (including phenoxy) is 1. The Kier molecular flexibility index (Phi) is 6.14. The monoisotopic (exact) mass is 337 g/mol. The zero-order chi connectivity index (χ0) is 17.7. The van der Waals surface area contributed by atoms with Crippen LogP contribution < -0.4 is 10.1 Å². The average Bonchev–Trinajstić information content (AvgIpc) is 2.59. The van der Waals surface area contributed by atoms with Crippen molar-refractivity contribution in [3.63, 3.8) is 0 Å². The second-order valence-corrected chi connectivity index (χ2v) is 6.02. The van der Waals surface area contributed by atoms with E-state index in [1.807, 2.05) is 13.8 Å². The van der Waals surface area contributed by atoms with Gasteiger partial charge in [0.2, 0.25) is 5.91 Å². The van der Waals surface area contributed by atoms with Crippen LogP contribution in [0.1, 0.15) is 13.8 Å². The standard InChI is InChI=1S/C17H24FN3O3/c1-12(2)21-9-8-20(10-14(21)17(23)19-3)16(22)11-24-15-7-5-4-6-13(15)18/h4-7,12,14H,8-11H2,1-3H3,(H,19,23)/t14-/m1/s1. The van der Waals surface area contributed by atoms with Crippen LogP contribution in [0.15, 0.2) is 24.3 Å². The number of likely N-dealkylation sites (N-methyl/N-ethyl adjacent to an activating group) is 1. The van der Waals surface area contributed by atoms with Gasteiger partial charge in [0.15, 0.2) is 18.2 Å². The lowest BCUT2D eigenvalue weighted by Gasteiger charge is -2.42. The second kappa shape index (κ2) is 8.10. The number of nitrogens with zero attached hydrogens (tertiary/aromatic N) is 2. The molecule has 132 valence electrons. The fraction of sp³-hybridized carbons (Fsp3) is 0.529. The maximum atomic E-state index is 13.5. The van der Waals surface area contributed by atoms with Crippen LogP contribution in [0, 0.1) is 5.82 Å². The zero-order valence-corrected chi connectivity index (χ0v) is 14.3. The molecule has 1 saturated heterocycles. The third-order valence-corrected chi connectivity index (χ3v) is 4.17. The van der Waals surface area contributed by atoms with Crippen molar-refractivity contribution in [3.8, 4) is 5.75 Å². The van der Waals surface area contributed by atoms with Crippen LogP contribution in [-0.4, -0.2) is 67.0 Å². The van der Waals surface area contributed by atoms with E-state index in [0.717, 1.165) is 0 Å². The summed E-state index contributed by atoms with van der Waals surface area (Å²) in [6.45, 7) is 5.23. The minimum Gasteiger partial charge on any atom is -0.481 e. The summed E-state index contributed by atoms with van der Waals surface area (Å²) in [7, 11) is 1.59. The molecule has 0 aromatic heterocycles. The summed E-state index contributed by atoms with van der Waals surface area (Å²) in [5, 5.41) is 2.64. The SMILES string of the molecule is CNC(=O)[C@H]1CN(C(=O)COc2ccccc2F)CCN1C(C)C. The number of halogens is 1. The van der Waals surface area contributed by atoms with Gasteiger partial charge in [-0.25, -0.2) is 4.39 Å². The van der Waals surface area contributed by atoms with Crippen LogP contribution >= 0.6 is 0 Å². The molecular weight excluding hydrogens is 313 g/mol. The van der Waals surface area contributed by atoms with Gasteiger partial charge in [0.05, 0.1) is 0 Å². The van der Waals surface area contributed by atoms with Crippen LogP contribution in [0.25, 0.3) is 0 Å². The van der Waals surface area contributed by atoms with E-state index in [0.29, 0.717) is 19.6 Å². The van der Waals surface area contributed by atoms with Crippen molar-refractivity contribution in [1.29, 1.82) is 0 Å². The molecule has 1 atom stereocenters. The molecule has 1 N–H and O–H groups in total. The Morgan fingerprint density at radius 2 is 2.04 bits per heavy atom. The van der Waals surface area contributed by atoms with Crippen molar-refractivity contribution in [2.75, 3.05) is 33.3 Å². The fourth-order valence-corrected chi connectivity index (χ4v) is 2.83. The summed E-state index contributed by atoms with van der Waals surface area (Å²) >= 11 is 0. The van der Waals surface area contributed by atoms with E-state index < -0.39 is 5.82 Å². The van der Waals surface area contributed by atoms with Crippen molar-refractivity contribution in [2.45, 2.75) is 25.9 Å². The first kappa shape index (κ1) is 18.2. The number of carbonyl (C=O) groups is 2. The predicted octanol–water partition coefficient (Wildman–Crippen LogP) is 0.872. The molecule has 6 nitrogen and oxygen atoms in total. The number of amides is 2. The van der Waals surface area contributed by atoms with Crippen LogP contribution in [0.2, 0.25) is 0 Å². The molecule has 1 aliphatic heterocycles. The molecule has 1 heterocycles. The minimum absolute atomic E-state index is 0.0505. The lowest BCUT2D eigenvalue weighted by atomic mass is 10.1. The van der Waals surface area contributed by atoms with Gasteiger partial charge in [-0.1, -0.05) is 12.1 Å². The Balaban J connectivity index is 1.97. The first-order valence-corrected chi connectivity index (χ1v) is 8.06. The van der Waals surface area contributed by atoms with E-state index in [-0.39, 0.29) is 36.3 Å². The van der Waals surface area contributed by atoms with Crippen LogP contribution in [0.3, 0.4) is 0 Å². The van der Waals surface area contributed by atoms with Gasteiger partial charge in [0, 0.05) is 32.7 Å². The van der Waals surface area contributed by atoms with Crippen molar-refractivity contribution in [3.05, 3.63) is 30.1 Å². The third-order valence-electron chi connectivity index (χ3n) is 4.17. The number of piperazine rings is 1. The Labute approximate surface area is 141 Å². The predicted molar refractivity (Wildman–Crippen MR) is 88.2 cm³/mol. The van der Waals surface area contributed by atoms with Gasteiger partial charge in [-0.15, -0.1) is 0 Å². The van der Waals surface area contributed by atoms with E-state index in [9.17, 15) is 14.0 Å². The molecule has 0 saturated carbocycles. The molecule has 0 aliphatic carbocycles. The summed E-state index contributed by atoms with van der Waals surface area (Å²) in [5.41, 5.74) is 0. The smallest absolute Gasteiger partial charge is 0.260 e. The first-order chi connectivity index (χ1) is 11.4. The number of rotatable bonds is 5. The first-order valence-electron chi connectivity index (χ1n) is 8.06. The largest absolute Gasteiger partial charge is 0.481 e. The van der Waals surface area contributed by atoms with Crippen molar-refractivity contribution < 1.29 is 18.7 Å². The van der Waals surface area contributed by atoms with E-state index in [2.05, 4.69) is 10.2 Å². The summed E-state index contributed by atoms with van der Waals surface area (Å²) in [6, 6.07) is 5.78. The lowest BCUT2D eigenvalue weighted by Crippen LogP contribution is -2.61. The number of hydrogen-bond acceptors (Lipinski definition) is 4. The van der Waals surface area contributed by atoms with Gasteiger partial charge in [0.25, 0.3) is 5.91 Å². The normalized spacial score (nSPS) is 18.5. The van der Waals surface area contributed by atoms with Crippen LogP contribution in [0.5, 0.6) is 5.75 Å². The Morgan fingerprint density at radius 3 is 2.67 bits per heavy atom. The molecular formula is C17H24FN3O3. The molecule has 7 heteroatoms.